The predicted molar refractivity (Wildman–Crippen MR) is 103 cm³/mol. The molecule has 2 N–H and O–H groups in total. The normalized spacial score (nSPS) is 16.5. The molecule has 0 bridgehead atoms. The van der Waals surface area contributed by atoms with E-state index in [1.807, 2.05) is 10.8 Å². The Morgan fingerprint density at radius 3 is 2.71 bits per heavy atom. The van der Waals surface area contributed by atoms with Crippen LogP contribution in [0.1, 0.15) is 36.8 Å². The minimum atomic E-state index is -4.32. The number of hydrogen-bond acceptors (Lipinski definition) is 2. The van der Waals surface area contributed by atoms with Crippen LogP contribution in [0.4, 0.5) is 13.2 Å². The zero-order valence-electron chi connectivity index (χ0n) is 16.0. The summed E-state index contributed by atoms with van der Waals surface area (Å²) in [4.78, 5) is 8.24. The first-order valence-electron chi connectivity index (χ1n) is 9.51. The summed E-state index contributed by atoms with van der Waals surface area (Å²) in [6.45, 7) is 2.17. The fourth-order valence-corrected chi connectivity index (χ4v) is 3.56. The van der Waals surface area contributed by atoms with Crippen molar-refractivity contribution in [1.29, 1.82) is 0 Å². The van der Waals surface area contributed by atoms with Gasteiger partial charge in [0.1, 0.15) is 0 Å². The summed E-state index contributed by atoms with van der Waals surface area (Å²) >= 11 is 0. The Hall–Kier alpha value is -2.51. The number of aliphatic imine (C=N–C) groups is 1. The molecule has 8 heteroatoms. The molecule has 0 amide bonds. The van der Waals surface area contributed by atoms with Crippen LogP contribution in [-0.2, 0) is 18.1 Å². The quantitative estimate of drug-likeness (QED) is 0.430. The van der Waals surface area contributed by atoms with Crippen LogP contribution in [-0.4, -0.2) is 35.6 Å². The first-order chi connectivity index (χ1) is 13.4. The third kappa shape index (κ3) is 4.85. The number of nitrogens with zero attached hydrogens (tertiary/aromatic N) is 3. The van der Waals surface area contributed by atoms with Gasteiger partial charge in [-0.3, -0.25) is 4.99 Å². The van der Waals surface area contributed by atoms with Crippen LogP contribution in [0.5, 0.6) is 0 Å². The minimum absolute atomic E-state index is 0.268. The van der Waals surface area contributed by atoms with Gasteiger partial charge in [-0.05, 0) is 30.9 Å². The van der Waals surface area contributed by atoms with Gasteiger partial charge in [-0.1, -0.05) is 24.6 Å². The second-order valence-electron chi connectivity index (χ2n) is 7.22. The van der Waals surface area contributed by atoms with Gasteiger partial charge in [0, 0.05) is 44.5 Å². The molecule has 0 aliphatic heterocycles. The van der Waals surface area contributed by atoms with E-state index in [0.29, 0.717) is 12.5 Å². The number of guanidine groups is 1. The van der Waals surface area contributed by atoms with Gasteiger partial charge in [0.2, 0.25) is 0 Å². The Morgan fingerprint density at radius 1 is 1.29 bits per heavy atom. The highest BCUT2D eigenvalue weighted by Gasteiger charge is 2.40. The maximum atomic E-state index is 13.1. The third-order valence-corrected chi connectivity index (χ3v) is 5.38. The molecule has 1 aliphatic carbocycles. The molecule has 0 unspecified atom stereocenters. The number of benzene rings is 1. The molecule has 1 heterocycles. The number of halogens is 3. The second kappa shape index (κ2) is 8.67. The molecular formula is C20H26F3N5. The average molecular weight is 393 g/mol. The van der Waals surface area contributed by atoms with Crippen molar-refractivity contribution in [1.82, 2.24) is 20.2 Å². The molecule has 0 radical (unpaired) electrons. The Labute approximate surface area is 163 Å². The van der Waals surface area contributed by atoms with Gasteiger partial charge < -0.3 is 15.2 Å². The lowest BCUT2D eigenvalue weighted by Crippen LogP contribution is -2.49. The molecule has 5 nitrogen and oxygen atoms in total. The fraction of sp³-hybridized carbons (Fsp3) is 0.500. The van der Waals surface area contributed by atoms with E-state index in [1.54, 1.807) is 25.6 Å². The van der Waals surface area contributed by atoms with E-state index in [-0.39, 0.29) is 5.41 Å². The summed E-state index contributed by atoms with van der Waals surface area (Å²) in [5.41, 5.74) is -0.106. The van der Waals surface area contributed by atoms with Gasteiger partial charge in [-0.15, -0.1) is 0 Å². The van der Waals surface area contributed by atoms with E-state index in [2.05, 4.69) is 20.6 Å². The van der Waals surface area contributed by atoms with Crippen LogP contribution in [0, 0.1) is 0 Å². The smallest absolute Gasteiger partial charge is 0.356 e. The number of rotatable bonds is 7. The second-order valence-corrected chi connectivity index (χ2v) is 7.22. The largest absolute Gasteiger partial charge is 0.416 e. The van der Waals surface area contributed by atoms with E-state index in [1.165, 1.54) is 12.1 Å². The first-order valence-corrected chi connectivity index (χ1v) is 9.51. The lowest BCUT2D eigenvalue weighted by Gasteiger charge is -2.43. The molecule has 1 aromatic carbocycles. The van der Waals surface area contributed by atoms with Crippen LogP contribution in [0.15, 0.2) is 48.0 Å². The molecule has 1 saturated carbocycles. The van der Waals surface area contributed by atoms with E-state index in [9.17, 15) is 13.2 Å². The summed E-state index contributed by atoms with van der Waals surface area (Å²) < 4.78 is 41.2. The highest BCUT2D eigenvalue weighted by Crippen LogP contribution is 2.44. The molecule has 1 fully saturated rings. The monoisotopic (exact) mass is 393 g/mol. The van der Waals surface area contributed by atoms with Crippen LogP contribution in [0.3, 0.4) is 0 Å². The summed E-state index contributed by atoms with van der Waals surface area (Å²) in [5.74, 6) is 0.670. The molecule has 1 aliphatic rings. The van der Waals surface area contributed by atoms with E-state index >= 15 is 0 Å². The van der Waals surface area contributed by atoms with Gasteiger partial charge >= 0.3 is 6.18 Å². The minimum Gasteiger partial charge on any atom is -0.356 e. The summed E-state index contributed by atoms with van der Waals surface area (Å²) in [5, 5.41) is 6.57. The van der Waals surface area contributed by atoms with Crippen LogP contribution in [0.25, 0.3) is 0 Å². The molecule has 0 atom stereocenters. The molecule has 1 aromatic heterocycles. The zero-order chi connectivity index (χ0) is 20.0. The van der Waals surface area contributed by atoms with Crippen LogP contribution >= 0.6 is 0 Å². The predicted octanol–water partition coefficient (Wildman–Crippen LogP) is 3.58. The first kappa shape index (κ1) is 20.2. The van der Waals surface area contributed by atoms with Crippen LogP contribution in [0.2, 0.25) is 0 Å². The van der Waals surface area contributed by atoms with Gasteiger partial charge in [0.15, 0.2) is 5.96 Å². The Kier molecular flexibility index (Phi) is 6.26. The highest BCUT2D eigenvalue weighted by molar-refractivity contribution is 5.79. The number of imidazole rings is 1. The van der Waals surface area contributed by atoms with Crippen molar-refractivity contribution in [3.05, 3.63) is 54.1 Å². The van der Waals surface area contributed by atoms with Gasteiger partial charge in [-0.2, -0.15) is 13.2 Å². The number of hydrogen-bond donors (Lipinski definition) is 2. The van der Waals surface area contributed by atoms with E-state index in [4.69, 9.17) is 0 Å². The molecular weight excluding hydrogens is 367 g/mol. The van der Waals surface area contributed by atoms with Gasteiger partial charge in [0.05, 0.1) is 11.9 Å². The Morgan fingerprint density at radius 2 is 2.11 bits per heavy atom. The SMILES string of the molecule is CN=C(NCCCn1ccnc1)NCC1(c2cccc(C(F)(F)F)c2)CCC1. The third-order valence-electron chi connectivity index (χ3n) is 5.38. The van der Waals surface area contributed by atoms with Gasteiger partial charge in [0.25, 0.3) is 0 Å². The number of aromatic nitrogens is 2. The van der Waals surface area contributed by atoms with Crippen molar-refractivity contribution in [2.75, 3.05) is 20.1 Å². The Balaban J connectivity index is 1.55. The molecule has 0 spiro atoms. The van der Waals surface area contributed by atoms with Crippen LogP contribution < -0.4 is 10.6 Å². The maximum Gasteiger partial charge on any atom is 0.416 e. The summed E-state index contributed by atoms with van der Waals surface area (Å²) in [6.07, 6.45) is 4.81. The molecule has 2 aromatic rings. The average Bonchev–Trinajstić information content (AvgIpc) is 3.15. The number of aryl methyl sites for hydroxylation is 1. The fourth-order valence-electron chi connectivity index (χ4n) is 3.56. The van der Waals surface area contributed by atoms with Crippen molar-refractivity contribution in [2.45, 2.75) is 43.8 Å². The van der Waals surface area contributed by atoms with E-state index < -0.39 is 11.7 Å². The van der Waals surface area contributed by atoms with Crippen molar-refractivity contribution in [3.8, 4) is 0 Å². The topological polar surface area (TPSA) is 54.2 Å². The van der Waals surface area contributed by atoms with Crippen molar-refractivity contribution in [3.63, 3.8) is 0 Å². The zero-order valence-corrected chi connectivity index (χ0v) is 16.0. The number of nitrogens with one attached hydrogen (secondary N) is 2. The van der Waals surface area contributed by atoms with E-state index in [0.717, 1.165) is 50.4 Å². The molecule has 3 rings (SSSR count). The molecule has 28 heavy (non-hydrogen) atoms. The Bertz CT molecular complexity index is 779. The highest BCUT2D eigenvalue weighted by atomic mass is 19.4. The van der Waals surface area contributed by atoms with Crippen molar-refractivity contribution >= 4 is 5.96 Å². The van der Waals surface area contributed by atoms with Crippen molar-refractivity contribution in [2.24, 2.45) is 4.99 Å². The maximum absolute atomic E-state index is 13.1. The van der Waals surface area contributed by atoms with Crippen molar-refractivity contribution < 1.29 is 13.2 Å². The molecule has 0 saturated heterocycles. The standard InChI is InChI=1S/C20H26F3N5/c1-24-18(26-9-4-11-28-12-10-25-15-28)27-14-19(7-3-8-19)16-5-2-6-17(13-16)20(21,22)23/h2,5-6,10,12-13,15H,3-4,7-9,11,14H2,1H3,(H2,24,26,27). The summed E-state index contributed by atoms with van der Waals surface area (Å²) in [7, 11) is 1.70. The van der Waals surface area contributed by atoms with Gasteiger partial charge in [-0.25, -0.2) is 4.98 Å². The lowest BCUT2D eigenvalue weighted by molar-refractivity contribution is -0.137. The number of alkyl halides is 3. The summed E-state index contributed by atoms with van der Waals surface area (Å²) in [6, 6.07) is 5.73. The lowest BCUT2D eigenvalue weighted by atomic mass is 9.64. The molecule has 152 valence electrons.